The number of carbonyl (C=O) groups excluding carboxylic acids is 2. The van der Waals surface area contributed by atoms with E-state index < -0.39 is 17.9 Å². The Kier molecular flexibility index (Phi) is 4.92. The van der Waals surface area contributed by atoms with E-state index in [1.54, 1.807) is 0 Å². The quantitative estimate of drug-likeness (QED) is 0.742. The Labute approximate surface area is 122 Å². The summed E-state index contributed by atoms with van der Waals surface area (Å²) in [5.74, 6) is -1.10. The number of benzene rings is 1. The molecule has 1 saturated carbocycles. The van der Waals surface area contributed by atoms with E-state index in [9.17, 15) is 14.4 Å². The van der Waals surface area contributed by atoms with Gasteiger partial charge >= 0.3 is 12.0 Å². The maximum Gasteiger partial charge on any atom is 0.321 e. The van der Waals surface area contributed by atoms with Gasteiger partial charge in [0.25, 0.3) is 0 Å². The van der Waals surface area contributed by atoms with E-state index in [0.29, 0.717) is 5.92 Å². The van der Waals surface area contributed by atoms with Crippen LogP contribution in [0.3, 0.4) is 0 Å². The normalized spacial score (nSPS) is 19.6. The molecule has 0 saturated heterocycles. The molecule has 0 radical (unpaired) electrons. The van der Waals surface area contributed by atoms with Crippen LogP contribution in [0.4, 0.5) is 4.79 Å². The third-order valence-corrected chi connectivity index (χ3v) is 3.38. The van der Waals surface area contributed by atoms with Crippen LogP contribution < -0.4 is 10.6 Å². The van der Waals surface area contributed by atoms with Gasteiger partial charge in [0, 0.05) is 24.8 Å². The second-order valence-electron chi connectivity index (χ2n) is 5.13. The summed E-state index contributed by atoms with van der Waals surface area (Å²) in [5, 5.41) is 13.4. The standard InChI is InChI=1S/C15H18N2O4/c18-13(7-4-8-14(19)20)17-15(21)16-12-9-11(12)10-5-2-1-3-6-10/h1-3,5-6,11-12H,4,7-9H2,(H,19,20)(H2,16,17,18,21). The van der Waals surface area contributed by atoms with Gasteiger partial charge in [-0.15, -0.1) is 0 Å². The zero-order chi connectivity index (χ0) is 15.2. The molecule has 112 valence electrons. The first-order chi connectivity index (χ1) is 10.1. The van der Waals surface area contributed by atoms with Crippen molar-refractivity contribution >= 4 is 17.9 Å². The van der Waals surface area contributed by atoms with Crippen LogP contribution in [-0.4, -0.2) is 29.1 Å². The fraction of sp³-hybridized carbons (Fsp3) is 0.400. The molecule has 21 heavy (non-hydrogen) atoms. The van der Waals surface area contributed by atoms with E-state index in [2.05, 4.69) is 10.6 Å². The summed E-state index contributed by atoms with van der Waals surface area (Å²) in [6, 6.07) is 9.42. The number of hydrogen-bond donors (Lipinski definition) is 3. The van der Waals surface area contributed by atoms with Gasteiger partial charge in [0.15, 0.2) is 0 Å². The Bertz CT molecular complexity index is 530. The number of hydrogen-bond acceptors (Lipinski definition) is 3. The maximum absolute atomic E-state index is 11.6. The van der Waals surface area contributed by atoms with Crippen molar-refractivity contribution in [3.05, 3.63) is 35.9 Å². The highest BCUT2D eigenvalue weighted by molar-refractivity contribution is 5.94. The molecule has 2 rings (SSSR count). The molecule has 2 atom stereocenters. The third-order valence-electron chi connectivity index (χ3n) is 3.38. The first-order valence-corrected chi connectivity index (χ1v) is 6.93. The van der Waals surface area contributed by atoms with Gasteiger partial charge in [-0.1, -0.05) is 30.3 Å². The van der Waals surface area contributed by atoms with Crippen LogP contribution >= 0.6 is 0 Å². The fourth-order valence-corrected chi connectivity index (χ4v) is 2.22. The van der Waals surface area contributed by atoms with Crippen molar-refractivity contribution in [1.29, 1.82) is 0 Å². The second-order valence-corrected chi connectivity index (χ2v) is 5.13. The second kappa shape index (κ2) is 6.88. The summed E-state index contributed by atoms with van der Waals surface area (Å²) in [7, 11) is 0. The summed E-state index contributed by atoms with van der Waals surface area (Å²) in [6.45, 7) is 0. The van der Waals surface area contributed by atoms with E-state index in [0.717, 1.165) is 6.42 Å². The molecule has 1 aromatic rings. The van der Waals surface area contributed by atoms with Crippen LogP contribution in [0.5, 0.6) is 0 Å². The number of carboxylic acid groups (broad SMARTS) is 1. The van der Waals surface area contributed by atoms with Crippen LogP contribution in [0.25, 0.3) is 0 Å². The highest BCUT2D eigenvalue weighted by atomic mass is 16.4. The van der Waals surface area contributed by atoms with Crippen molar-refractivity contribution in [2.24, 2.45) is 0 Å². The van der Waals surface area contributed by atoms with Gasteiger partial charge in [-0.25, -0.2) is 4.79 Å². The van der Waals surface area contributed by atoms with Gasteiger partial charge in [-0.05, 0) is 18.4 Å². The molecule has 3 amide bonds. The first kappa shape index (κ1) is 15.0. The molecule has 0 aliphatic heterocycles. The molecule has 0 spiro atoms. The lowest BCUT2D eigenvalue weighted by molar-refractivity contribution is -0.137. The van der Waals surface area contributed by atoms with E-state index in [-0.39, 0.29) is 25.3 Å². The Balaban J connectivity index is 1.67. The summed E-state index contributed by atoms with van der Waals surface area (Å²) in [4.78, 5) is 33.4. The molecule has 3 N–H and O–H groups in total. The van der Waals surface area contributed by atoms with E-state index in [1.165, 1.54) is 5.56 Å². The maximum atomic E-state index is 11.6. The minimum Gasteiger partial charge on any atom is -0.481 e. The Morgan fingerprint density at radius 1 is 1.14 bits per heavy atom. The van der Waals surface area contributed by atoms with Crippen molar-refractivity contribution in [3.8, 4) is 0 Å². The van der Waals surface area contributed by atoms with E-state index in [1.807, 2.05) is 30.3 Å². The van der Waals surface area contributed by atoms with E-state index >= 15 is 0 Å². The van der Waals surface area contributed by atoms with Crippen molar-refractivity contribution in [2.45, 2.75) is 37.6 Å². The van der Waals surface area contributed by atoms with Gasteiger partial charge in [-0.3, -0.25) is 14.9 Å². The highest BCUT2D eigenvalue weighted by Crippen LogP contribution is 2.40. The molecule has 1 aliphatic carbocycles. The van der Waals surface area contributed by atoms with Gasteiger partial charge in [0.1, 0.15) is 0 Å². The van der Waals surface area contributed by atoms with Crippen LogP contribution in [0.2, 0.25) is 0 Å². The predicted octanol–water partition coefficient (Wildman–Crippen LogP) is 1.62. The lowest BCUT2D eigenvalue weighted by Gasteiger charge is -2.06. The third kappa shape index (κ3) is 4.91. The van der Waals surface area contributed by atoms with Crippen molar-refractivity contribution in [2.75, 3.05) is 0 Å². The number of imide groups is 1. The van der Waals surface area contributed by atoms with Crippen LogP contribution in [0.15, 0.2) is 30.3 Å². The Hall–Kier alpha value is -2.37. The molecule has 0 heterocycles. The zero-order valence-corrected chi connectivity index (χ0v) is 11.5. The Morgan fingerprint density at radius 3 is 2.52 bits per heavy atom. The monoisotopic (exact) mass is 290 g/mol. The van der Waals surface area contributed by atoms with Crippen LogP contribution in [0.1, 0.15) is 37.2 Å². The first-order valence-electron chi connectivity index (χ1n) is 6.93. The molecule has 1 fully saturated rings. The molecule has 1 aliphatic rings. The molecule has 6 heteroatoms. The average molecular weight is 290 g/mol. The molecular weight excluding hydrogens is 272 g/mol. The fourth-order valence-electron chi connectivity index (χ4n) is 2.22. The van der Waals surface area contributed by atoms with Crippen LogP contribution in [-0.2, 0) is 9.59 Å². The van der Waals surface area contributed by atoms with Gasteiger partial charge < -0.3 is 10.4 Å². The van der Waals surface area contributed by atoms with E-state index in [4.69, 9.17) is 5.11 Å². The molecule has 0 bridgehead atoms. The van der Waals surface area contributed by atoms with Gasteiger partial charge in [0.2, 0.25) is 5.91 Å². The lowest BCUT2D eigenvalue weighted by Crippen LogP contribution is -2.40. The summed E-state index contributed by atoms with van der Waals surface area (Å²) >= 11 is 0. The SMILES string of the molecule is O=C(O)CCCC(=O)NC(=O)NC1CC1c1ccccc1. The minimum absolute atomic E-state index is 0.0342. The molecule has 2 unspecified atom stereocenters. The smallest absolute Gasteiger partial charge is 0.321 e. The zero-order valence-electron chi connectivity index (χ0n) is 11.5. The number of carbonyl (C=O) groups is 3. The topological polar surface area (TPSA) is 95.5 Å². The Morgan fingerprint density at radius 2 is 1.86 bits per heavy atom. The number of nitrogens with one attached hydrogen (secondary N) is 2. The van der Waals surface area contributed by atoms with Gasteiger partial charge in [0.05, 0.1) is 0 Å². The van der Waals surface area contributed by atoms with Crippen molar-refractivity contribution < 1.29 is 19.5 Å². The number of aliphatic carboxylic acids is 1. The van der Waals surface area contributed by atoms with Gasteiger partial charge in [-0.2, -0.15) is 0 Å². The molecular formula is C15H18N2O4. The predicted molar refractivity (Wildman–Crippen MR) is 75.7 cm³/mol. The number of amides is 3. The minimum atomic E-state index is -0.948. The summed E-state index contributed by atoms with van der Waals surface area (Å²) < 4.78 is 0. The summed E-state index contributed by atoms with van der Waals surface area (Å²) in [5.41, 5.74) is 1.18. The lowest BCUT2D eigenvalue weighted by atomic mass is 10.1. The number of carboxylic acids is 1. The summed E-state index contributed by atoms with van der Waals surface area (Å²) in [6.07, 6.45) is 1.05. The average Bonchev–Trinajstić information content (AvgIpc) is 3.18. The highest BCUT2D eigenvalue weighted by Gasteiger charge is 2.39. The molecule has 0 aromatic heterocycles. The number of rotatable bonds is 6. The molecule has 6 nitrogen and oxygen atoms in total. The molecule has 1 aromatic carbocycles. The largest absolute Gasteiger partial charge is 0.481 e. The van der Waals surface area contributed by atoms with Crippen molar-refractivity contribution in [1.82, 2.24) is 10.6 Å². The number of urea groups is 1. The van der Waals surface area contributed by atoms with Crippen LogP contribution in [0, 0.1) is 0 Å². The van der Waals surface area contributed by atoms with Crippen molar-refractivity contribution in [3.63, 3.8) is 0 Å².